The molecule has 0 N–H and O–H groups in total. The molecule has 3 rings (SSSR count). The van der Waals surface area contributed by atoms with Crippen molar-refractivity contribution in [3.8, 4) is 11.3 Å². The van der Waals surface area contributed by atoms with Crippen molar-refractivity contribution in [3.05, 3.63) is 53.2 Å². The zero-order valence-electron chi connectivity index (χ0n) is 10.6. The zero-order valence-corrected chi connectivity index (χ0v) is 11.5. The van der Waals surface area contributed by atoms with Crippen LogP contribution in [0.25, 0.3) is 11.3 Å². The van der Waals surface area contributed by atoms with Gasteiger partial charge in [-0.05, 0) is 37.3 Å². The quantitative estimate of drug-likeness (QED) is 0.792. The van der Waals surface area contributed by atoms with E-state index in [0.29, 0.717) is 0 Å². The highest BCUT2D eigenvalue weighted by Gasteiger charge is 2.18. The van der Waals surface area contributed by atoms with E-state index in [9.17, 15) is 0 Å². The summed E-state index contributed by atoms with van der Waals surface area (Å²) in [7, 11) is 0. The number of nitrogens with zero attached hydrogens (tertiary/aromatic N) is 1. The van der Waals surface area contributed by atoms with Crippen molar-refractivity contribution in [3.63, 3.8) is 0 Å². The topological polar surface area (TPSA) is 12.9 Å². The summed E-state index contributed by atoms with van der Waals surface area (Å²) in [6.07, 6.45) is 3.53. The van der Waals surface area contributed by atoms with Crippen LogP contribution < -0.4 is 0 Å². The summed E-state index contributed by atoms with van der Waals surface area (Å²) in [4.78, 5) is 4.90. The molecule has 0 amide bonds. The minimum Gasteiger partial charge on any atom is -0.252 e. The second-order valence-corrected chi connectivity index (χ2v) is 5.70. The number of hydrogen-bond donors (Lipinski definition) is 1. The summed E-state index contributed by atoms with van der Waals surface area (Å²) in [5.74, 6) is 0. The van der Waals surface area contributed by atoms with Crippen LogP contribution in [-0.2, 0) is 12.8 Å². The van der Waals surface area contributed by atoms with Gasteiger partial charge in [0.25, 0.3) is 0 Å². The Bertz CT molecular complexity index is 561. The average Bonchev–Trinajstić information content (AvgIpc) is 2.85. The number of pyridine rings is 1. The molecule has 0 saturated heterocycles. The molecular weight excluding hydrogens is 238 g/mol. The maximum atomic E-state index is 4.90. The molecule has 1 aliphatic carbocycles. The van der Waals surface area contributed by atoms with E-state index in [1.807, 2.05) is 6.07 Å². The van der Waals surface area contributed by atoms with Crippen molar-refractivity contribution >= 4 is 12.6 Å². The standard InChI is InChI=1S/C16H17NS/c1-11(18)14-10-13-8-5-9-15(13)17-16(14)12-6-3-2-4-7-12/h2-4,6-7,10-11,18H,5,8-9H2,1H3. The first kappa shape index (κ1) is 11.8. The van der Waals surface area contributed by atoms with Crippen molar-refractivity contribution in [2.24, 2.45) is 0 Å². The SMILES string of the molecule is CC(S)c1cc2c(nc1-c1ccccc1)CCC2. The van der Waals surface area contributed by atoms with Crippen LogP contribution in [0.3, 0.4) is 0 Å². The number of thiol groups is 1. The summed E-state index contributed by atoms with van der Waals surface area (Å²) in [6, 6.07) is 12.7. The zero-order chi connectivity index (χ0) is 12.5. The Balaban J connectivity index is 2.18. The molecule has 1 aromatic heterocycles. The molecule has 0 saturated carbocycles. The normalized spacial score (nSPS) is 15.4. The smallest absolute Gasteiger partial charge is 0.0748 e. The second-order valence-electron chi connectivity index (χ2n) is 4.93. The summed E-state index contributed by atoms with van der Waals surface area (Å²) in [5.41, 5.74) is 6.27. The molecule has 2 heteroatoms. The fraction of sp³-hybridized carbons (Fsp3) is 0.312. The Morgan fingerprint density at radius 3 is 2.67 bits per heavy atom. The summed E-state index contributed by atoms with van der Waals surface area (Å²) >= 11 is 4.61. The number of fused-ring (bicyclic) bond motifs is 1. The van der Waals surface area contributed by atoms with E-state index in [0.717, 1.165) is 12.1 Å². The van der Waals surface area contributed by atoms with Crippen molar-refractivity contribution in [1.82, 2.24) is 4.98 Å². The molecule has 1 unspecified atom stereocenters. The van der Waals surface area contributed by atoms with Gasteiger partial charge in [-0.3, -0.25) is 4.98 Å². The predicted molar refractivity (Wildman–Crippen MR) is 79.1 cm³/mol. The van der Waals surface area contributed by atoms with E-state index in [4.69, 9.17) is 4.98 Å². The van der Waals surface area contributed by atoms with E-state index in [-0.39, 0.29) is 5.25 Å². The molecule has 92 valence electrons. The van der Waals surface area contributed by atoms with Gasteiger partial charge < -0.3 is 0 Å². The fourth-order valence-corrected chi connectivity index (χ4v) is 2.83. The van der Waals surface area contributed by atoms with Crippen molar-refractivity contribution in [2.75, 3.05) is 0 Å². The van der Waals surface area contributed by atoms with Crippen LogP contribution in [0.5, 0.6) is 0 Å². The Morgan fingerprint density at radius 2 is 1.94 bits per heavy atom. The third-order valence-electron chi connectivity index (χ3n) is 3.58. The molecule has 0 aliphatic heterocycles. The van der Waals surface area contributed by atoms with E-state index >= 15 is 0 Å². The van der Waals surface area contributed by atoms with Gasteiger partial charge in [0.1, 0.15) is 0 Å². The van der Waals surface area contributed by atoms with Gasteiger partial charge in [-0.1, -0.05) is 36.4 Å². The van der Waals surface area contributed by atoms with E-state index < -0.39 is 0 Å². The molecule has 0 radical (unpaired) electrons. The van der Waals surface area contributed by atoms with Crippen LogP contribution in [0.1, 0.15) is 35.4 Å². The first-order chi connectivity index (χ1) is 8.75. The molecule has 2 aromatic rings. The highest BCUT2D eigenvalue weighted by Crippen LogP contribution is 2.33. The van der Waals surface area contributed by atoms with Gasteiger partial charge in [-0.2, -0.15) is 12.6 Å². The molecule has 1 nitrogen and oxygen atoms in total. The molecule has 1 aliphatic rings. The Hall–Kier alpha value is -1.28. The monoisotopic (exact) mass is 255 g/mol. The highest BCUT2D eigenvalue weighted by molar-refractivity contribution is 7.80. The highest BCUT2D eigenvalue weighted by atomic mass is 32.1. The number of benzene rings is 1. The van der Waals surface area contributed by atoms with Crippen LogP contribution in [0.15, 0.2) is 36.4 Å². The van der Waals surface area contributed by atoms with Gasteiger partial charge in [-0.15, -0.1) is 0 Å². The maximum Gasteiger partial charge on any atom is 0.0748 e. The average molecular weight is 255 g/mol. The third kappa shape index (κ3) is 2.05. The first-order valence-corrected chi connectivity index (χ1v) is 7.03. The summed E-state index contributed by atoms with van der Waals surface area (Å²) in [5, 5.41) is 0.221. The van der Waals surface area contributed by atoms with Crippen LogP contribution in [0.4, 0.5) is 0 Å². The summed E-state index contributed by atoms with van der Waals surface area (Å²) in [6.45, 7) is 2.12. The molecule has 1 atom stereocenters. The minimum absolute atomic E-state index is 0.221. The molecular formula is C16H17NS. The Morgan fingerprint density at radius 1 is 1.17 bits per heavy atom. The van der Waals surface area contributed by atoms with Gasteiger partial charge in [0, 0.05) is 16.5 Å². The number of hydrogen-bond acceptors (Lipinski definition) is 2. The first-order valence-electron chi connectivity index (χ1n) is 6.52. The van der Waals surface area contributed by atoms with Crippen LogP contribution in [0, 0.1) is 0 Å². The van der Waals surface area contributed by atoms with E-state index in [1.54, 1.807) is 0 Å². The Labute approximate surface area is 114 Å². The van der Waals surface area contributed by atoms with Gasteiger partial charge in [0.2, 0.25) is 0 Å². The molecule has 0 bridgehead atoms. The molecule has 0 fully saturated rings. The van der Waals surface area contributed by atoms with Crippen LogP contribution in [-0.4, -0.2) is 4.98 Å². The summed E-state index contributed by atoms with van der Waals surface area (Å²) < 4.78 is 0. The van der Waals surface area contributed by atoms with Gasteiger partial charge in [-0.25, -0.2) is 0 Å². The predicted octanol–water partition coefficient (Wildman–Crippen LogP) is 4.23. The van der Waals surface area contributed by atoms with Gasteiger partial charge >= 0.3 is 0 Å². The maximum absolute atomic E-state index is 4.90. The van der Waals surface area contributed by atoms with E-state index in [2.05, 4.69) is 49.9 Å². The number of aryl methyl sites for hydroxylation is 2. The second kappa shape index (κ2) is 4.77. The third-order valence-corrected chi connectivity index (χ3v) is 3.86. The minimum atomic E-state index is 0.221. The van der Waals surface area contributed by atoms with Gasteiger partial charge in [0.05, 0.1) is 5.69 Å². The van der Waals surface area contributed by atoms with Crippen LogP contribution >= 0.6 is 12.6 Å². The van der Waals surface area contributed by atoms with Crippen molar-refractivity contribution in [2.45, 2.75) is 31.4 Å². The lowest BCUT2D eigenvalue weighted by Crippen LogP contribution is -1.99. The van der Waals surface area contributed by atoms with Crippen molar-refractivity contribution in [1.29, 1.82) is 0 Å². The Kier molecular flexibility index (Phi) is 3.13. The van der Waals surface area contributed by atoms with Gasteiger partial charge in [0.15, 0.2) is 0 Å². The largest absolute Gasteiger partial charge is 0.252 e. The molecule has 1 heterocycles. The van der Waals surface area contributed by atoms with E-state index in [1.165, 1.54) is 35.2 Å². The van der Waals surface area contributed by atoms with Crippen LogP contribution in [0.2, 0.25) is 0 Å². The lowest BCUT2D eigenvalue weighted by molar-refractivity contribution is 0.900. The lowest BCUT2D eigenvalue weighted by atomic mass is 10.0. The lowest BCUT2D eigenvalue weighted by Gasteiger charge is -2.14. The number of aromatic nitrogens is 1. The molecule has 0 spiro atoms. The molecule has 1 aromatic carbocycles. The molecule has 18 heavy (non-hydrogen) atoms. The van der Waals surface area contributed by atoms with Crippen molar-refractivity contribution < 1.29 is 0 Å². The number of rotatable bonds is 2. The fourth-order valence-electron chi connectivity index (χ4n) is 2.64.